The van der Waals surface area contributed by atoms with Crippen LogP contribution in [0.2, 0.25) is 0 Å². The van der Waals surface area contributed by atoms with Gasteiger partial charge in [0.25, 0.3) is 0 Å². The molecule has 0 aromatic heterocycles. The lowest BCUT2D eigenvalue weighted by Gasteiger charge is -2.30. The van der Waals surface area contributed by atoms with Crippen molar-refractivity contribution in [2.75, 3.05) is 29.6 Å². The standard InChI is InChI=1S/C17H23N3O2S/c1-4-19(3)13-8-6-5-7-12(13)18-16(22)14-11-23-17(2)10-9-15(21)20(14)17/h5-8,14H,4,9-11H2,1-3H3,(H,18,22). The van der Waals surface area contributed by atoms with Crippen LogP contribution in [0.4, 0.5) is 11.4 Å². The van der Waals surface area contributed by atoms with Crippen molar-refractivity contribution < 1.29 is 9.59 Å². The number of benzene rings is 1. The molecule has 2 heterocycles. The van der Waals surface area contributed by atoms with Gasteiger partial charge in [-0.2, -0.15) is 0 Å². The fourth-order valence-corrected chi connectivity index (χ4v) is 4.75. The summed E-state index contributed by atoms with van der Waals surface area (Å²) in [5.41, 5.74) is 1.79. The molecule has 2 atom stereocenters. The molecule has 0 bridgehead atoms. The second-order valence-corrected chi connectivity index (χ2v) is 7.79. The number of anilines is 2. The van der Waals surface area contributed by atoms with Gasteiger partial charge >= 0.3 is 0 Å². The molecule has 0 spiro atoms. The van der Waals surface area contributed by atoms with Crippen LogP contribution in [0.1, 0.15) is 26.7 Å². The van der Waals surface area contributed by atoms with E-state index in [0.29, 0.717) is 12.2 Å². The van der Waals surface area contributed by atoms with Crippen molar-refractivity contribution in [3.05, 3.63) is 24.3 Å². The van der Waals surface area contributed by atoms with Gasteiger partial charge in [-0.1, -0.05) is 12.1 Å². The third-order valence-corrected chi connectivity index (χ3v) is 6.30. The van der Waals surface area contributed by atoms with Crippen LogP contribution in [-0.2, 0) is 9.59 Å². The molecule has 0 radical (unpaired) electrons. The number of para-hydroxylation sites is 2. The smallest absolute Gasteiger partial charge is 0.248 e. The van der Waals surface area contributed by atoms with E-state index in [-0.39, 0.29) is 22.7 Å². The first-order valence-electron chi connectivity index (χ1n) is 8.03. The summed E-state index contributed by atoms with van der Waals surface area (Å²) < 4.78 is 0. The van der Waals surface area contributed by atoms with E-state index in [4.69, 9.17) is 0 Å². The molecule has 3 rings (SSSR count). The van der Waals surface area contributed by atoms with E-state index in [1.54, 1.807) is 16.7 Å². The average Bonchev–Trinajstić information content (AvgIpc) is 3.04. The Balaban J connectivity index is 1.79. The normalized spacial score (nSPS) is 26.3. The van der Waals surface area contributed by atoms with Crippen LogP contribution in [-0.4, -0.2) is 47.0 Å². The average molecular weight is 333 g/mol. The summed E-state index contributed by atoms with van der Waals surface area (Å²) in [6, 6.07) is 7.40. The summed E-state index contributed by atoms with van der Waals surface area (Å²) in [7, 11) is 2.00. The van der Waals surface area contributed by atoms with Gasteiger partial charge in [-0.15, -0.1) is 11.8 Å². The van der Waals surface area contributed by atoms with Gasteiger partial charge in [-0.05, 0) is 32.4 Å². The molecule has 23 heavy (non-hydrogen) atoms. The topological polar surface area (TPSA) is 52.7 Å². The second-order valence-electron chi connectivity index (χ2n) is 6.29. The van der Waals surface area contributed by atoms with Gasteiger partial charge in [0.05, 0.1) is 16.2 Å². The van der Waals surface area contributed by atoms with E-state index in [9.17, 15) is 9.59 Å². The summed E-state index contributed by atoms with van der Waals surface area (Å²) in [6.07, 6.45) is 1.37. The number of hydrogen-bond donors (Lipinski definition) is 1. The predicted octanol–water partition coefficient (Wildman–Crippen LogP) is 2.54. The number of thioether (sulfide) groups is 1. The monoisotopic (exact) mass is 333 g/mol. The van der Waals surface area contributed by atoms with E-state index >= 15 is 0 Å². The minimum absolute atomic E-state index is 0.0894. The molecule has 2 saturated heterocycles. The molecule has 1 aromatic carbocycles. The second kappa shape index (κ2) is 6.07. The van der Waals surface area contributed by atoms with Crippen molar-refractivity contribution in [2.24, 2.45) is 0 Å². The number of fused-ring (bicyclic) bond motifs is 1. The van der Waals surface area contributed by atoms with Gasteiger partial charge < -0.3 is 15.1 Å². The molecule has 2 amide bonds. The van der Waals surface area contributed by atoms with Gasteiger partial charge in [0.2, 0.25) is 11.8 Å². The Morgan fingerprint density at radius 3 is 2.96 bits per heavy atom. The van der Waals surface area contributed by atoms with Crippen molar-refractivity contribution >= 4 is 35.0 Å². The van der Waals surface area contributed by atoms with Crippen molar-refractivity contribution in [1.82, 2.24) is 4.90 Å². The number of amides is 2. The number of carbonyl (C=O) groups is 2. The highest BCUT2D eigenvalue weighted by molar-refractivity contribution is 8.01. The number of carbonyl (C=O) groups excluding carboxylic acids is 2. The highest BCUT2D eigenvalue weighted by atomic mass is 32.2. The first kappa shape index (κ1) is 16.2. The molecule has 1 aromatic rings. The van der Waals surface area contributed by atoms with E-state index in [2.05, 4.69) is 24.1 Å². The molecule has 2 fully saturated rings. The Bertz CT molecular complexity index is 636. The summed E-state index contributed by atoms with van der Waals surface area (Å²) in [4.78, 5) is 28.6. The molecular weight excluding hydrogens is 310 g/mol. The molecule has 6 heteroatoms. The van der Waals surface area contributed by atoms with E-state index in [1.165, 1.54) is 0 Å². The van der Waals surface area contributed by atoms with Gasteiger partial charge in [0.15, 0.2) is 0 Å². The lowest BCUT2D eigenvalue weighted by atomic mass is 10.2. The first-order valence-corrected chi connectivity index (χ1v) is 9.02. The number of nitrogens with zero attached hydrogens (tertiary/aromatic N) is 2. The lowest BCUT2D eigenvalue weighted by Crippen LogP contribution is -2.48. The third kappa shape index (κ3) is 2.80. The Morgan fingerprint density at radius 2 is 2.22 bits per heavy atom. The van der Waals surface area contributed by atoms with Crippen molar-refractivity contribution in [1.29, 1.82) is 0 Å². The molecule has 2 unspecified atom stereocenters. The van der Waals surface area contributed by atoms with Crippen LogP contribution >= 0.6 is 11.8 Å². The molecule has 1 N–H and O–H groups in total. The fraction of sp³-hybridized carbons (Fsp3) is 0.529. The summed E-state index contributed by atoms with van der Waals surface area (Å²) in [5.74, 6) is 0.671. The molecular formula is C17H23N3O2S. The lowest BCUT2D eigenvalue weighted by molar-refractivity contribution is -0.135. The number of rotatable bonds is 4. The summed E-state index contributed by atoms with van der Waals surface area (Å²) >= 11 is 1.71. The Kier molecular flexibility index (Phi) is 4.27. The minimum Gasteiger partial charge on any atom is -0.373 e. The Hall–Kier alpha value is -1.69. The number of nitrogens with one attached hydrogen (secondary N) is 1. The van der Waals surface area contributed by atoms with Crippen LogP contribution in [0.15, 0.2) is 24.3 Å². The van der Waals surface area contributed by atoms with Crippen molar-refractivity contribution in [3.8, 4) is 0 Å². The molecule has 0 saturated carbocycles. The maximum absolute atomic E-state index is 12.8. The zero-order valence-electron chi connectivity index (χ0n) is 13.8. The van der Waals surface area contributed by atoms with Crippen LogP contribution in [0.25, 0.3) is 0 Å². The summed E-state index contributed by atoms with van der Waals surface area (Å²) in [5, 5.41) is 3.03. The van der Waals surface area contributed by atoms with E-state index in [0.717, 1.165) is 24.3 Å². The van der Waals surface area contributed by atoms with E-state index in [1.807, 2.05) is 31.3 Å². The van der Waals surface area contributed by atoms with Crippen LogP contribution in [0, 0.1) is 0 Å². The van der Waals surface area contributed by atoms with Crippen LogP contribution in [0.3, 0.4) is 0 Å². The Morgan fingerprint density at radius 1 is 1.48 bits per heavy atom. The zero-order chi connectivity index (χ0) is 16.6. The quantitative estimate of drug-likeness (QED) is 0.920. The molecule has 2 aliphatic heterocycles. The highest BCUT2D eigenvalue weighted by Crippen LogP contribution is 2.47. The van der Waals surface area contributed by atoms with Gasteiger partial charge in [-0.25, -0.2) is 0 Å². The third-order valence-electron chi connectivity index (χ3n) is 4.80. The first-order chi connectivity index (χ1) is 11.0. The van der Waals surface area contributed by atoms with Crippen molar-refractivity contribution in [2.45, 2.75) is 37.6 Å². The Labute approximate surface area is 141 Å². The van der Waals surface area contributed by atoms with Crippen LogP contribution in [0.5, 0.6) is 0 Å². The van der Waals surface area contributed by atoms with Crippen LogP contribution < -0.4 is 10.2 Å². The van der Waals surface area contributed by atoms with Gasteiger partial charge in [0.1, 0.15) is 6.04 Å². The number of hydrogen-bond acceptors (Lipinski definition) is 4. The minimum atomic E-state index is -0.375. The molecule has 5 nitrogen and oxygen atoms in total. The summed E-state index contributed by atoms with van der Waals surface area (Å²) in [6.45, 7) is 4.99. The van der Waals surface area contributed by atoms with Crippen molar-refractivity contribution in [3.63, 3.8) is 0 Å². The van der Waals surface area contributed by atoms with Gasteiger partial charge in [0, 0.05) is 25.8 Å². The maximum Gasteiger partial charge on any atom is 0.248 e. The predicted molar refractivity (Wildman–Crippen MR) is 94.7 cm³/mol. The largest absolute Gasteiger partial charge is 0.373 e. The SMILES string of the molecule is CCN(C)c1ccccc1NC(=O)C1CSC2(C)CCC(=O)N12. The molecule has 0 aliphatic carbocycles. The van der Waals surface area contributed by atoms with Gasteiger partial charge in [-0.3, -0.25) is 9.59 Å². The molecule has 124 valence electrons. The maximum atomic E-state index is 12.8. The fourth-order valence-electron chi connectivity index (χ4n) is 3.31. The zero-order valence-corrected chi connectivity index (χ0v) is 14.7. The highest BCUT2D eigenvalue weighted by Gasteiger charge is 2.52. The van der Waals surface area contributed by atoms with E-state index < -0.39 is 0 Å². The molecule has 2 aliphatic rings.